The third-order valence-corrected chi connectivity index (χ3v) is 5.56. The van der Waals surface area contributed by atoms with Crippen LogP contribution in [-0.2, 0) is 16.1 Å². The molecule has 0 aromatic heterocycles. The van der Waals surface area contributed by atoms with E-state index in [9.17, 15) is 4.79 Å². The Morgan fingerprint density at radius 2 is 2.07 bits per heavy atom. The fraction of sp³-hybridized carbons (Fsp3) is 0.667. The quantitative estimate of drug-likeness (QED) is 0.641. The number of likely N-dealkylation sites (N-methyl/N-ethyl adjacent to an activating group) is 1. The second-order valence-electron chi connectivity index (χ2n) is 7.58. The van der Waals surface area contributed by atoms with Gasteiger partial charge in [0.1, 0.15) is 12.4 Å². The third kappa shape index (κ3) is 8.69. The monoisotopic (exact) mass is 447 g/mol. The Bertz CT molecular complexity index is 594. The number of piperidine rings is 1. The molecular formula is C21H35Cl2N3O3. The molecule has 1 aromatic carbocycles. The van der Waals surface area contributed by atoms with Crippen molar-refractivity contribution >= 4 is 30.7 Å². The fourth-order valence-corrected chi connectivity index (χ4v) is 3.77. The molecule has 1 amide bonds. The van der Waals surface area contributed by atoms with Crippen molar-refractivity contribution < 1.29 is 14.3 Å². The van der Waals surface area contributed by atoms with Crippen LogP contribution in [0.4, 0.5) is 0 Å². The van der Waals surface area contributed by atoms with Crippen molar-refractivity contribution in [3.05, 3.63) is 29.8 Å². The van der Waals surface area contributed by atoms with E-state index in [4.69, 9.17) is 9.47 Å². The van der Waals surface area contributed by atoms with Crippen LogP contribution in [-0.4, -0.2) is 63.4 Å². The molecule has 6 nitrogen and oxygen atoms in total. The number of nitrogens with zero attached hydrogens (tertiary/aromatic N) is 1. The summed E-state index contributed by atoms with van der Waals surface area (Å²) in [4.78, 5) is 14.6. The van der Waals surface area contributed by atoms with Crippen molar-refractivity contribution in [2.75, 3.05) is 46.5 Å². The number of hydrogen-bond acceptors (Lipinski definition) is 5. The van der Waals surface area contributed by atoms with Gasteiger partial charge in [-0.1, -0.05) is 12.1 Å². The number of nitrogens with one attached hydrogen (secondary N) is 2. The van der Waals surface area contributed by atoms with Gasteiger partial charge in [0.15, 0.2) is 0 Å². The van der Waals surface area contributed by atoms with Crippen molar-refractivity contribution in [3.8, 4) is 5.75 Å². The molecule has 2 saturated heterocycles. The highest BCUT2D eigenvalue weighted by atomic mass is 35.5. The van der Waals surface area contributed by atoms with Crippen LogP contribution in [0.15, 0.2) is 24.3 Å². The van der Waals surface area contributed by atoms with E-state index in [-0.39, 0.29) is 36.6 Å². The molecule has 1 aromatic rings. The summed E-state index contributed by atoms with van der Waals surface area (Å²) in [6, 6.07) is 8.61. The lowest BCUT2D eigenvalue weighted by molar-refractivity contribution is -0.125. The first kappa shape index (κ1) is 26.0. The minimum Gasteiger partial charge on any atom is -0.492 e. The average Bonchev–Trinajstić information content (AvgIpc) is 2.73. The van der Waals surface area contributed by atoms with Crippen LogP contribution in [0.1, 0.15) is 31.2 Å². The molecule has 0 saturated carbocycles. The lowest BCUT2D eigenvalue weighted by atomic mass is 9.99. The molecule has 0 radical (unpaired) electrons. The maximum atomic E-state index is 12.3. The van der Waals surface area contributed by atoms with Crippen LogP contribution in [0.25, 0.3) is 0 Å². The molecule has 3 rings (SSSR count). The summed E-state index contributed by atoms with van der Waals surface area (Å²) in [5, 5.41) is 6.35. The highest BCUT2D eigenvalue weighted by Gasteiger charge is 2.20. The number of amides is 1. The van der Waals surface area contributed by atoms with Gasteiger partial charge in [-0.2, -0.15) is 0 Å². The lowest BCUT2D eigenvalue weighted by Crippen LogP contribution is -2.40. The van der Waals surface area contributed by atoms with Gasteiger partial charge in [-0.15, -0.1) is 24.8 Å². The molecule has 2 fully saturated rings. The van der Waals surface area contributed by atoms with E-state index < -0.39 is 0 Å². The molecule has 0 spiro atoms. The Labute approximate surface area is 186 Å². The van der Waals surface area contributed by atoms with Gasteiger partial charge < -0.3 is 20.1 Å². The molecule has 1 atom stereocenters. The van der Waals surface area contributed by atoms with Gasteiger partial charge in [0, 0.05) is 38.9 Å². The highest BCUT2D eigenvalue weighted by molar-refractivity contribution is 5.85. The van der Waals surface area contributed by atoms with Gasteiger partial charge in [0.2, 0.25) is 5.91 Å². The molecule has 0 aliphatic carbocycles. The molecule has 1 unspecified atom stereocenters. The number of halogens is 2. The van der Waals surface area contributed by atoms with E-state index in [0.717, 1.165) is 69.8 Å². The Kier molecular flexibility index (Phi) is 12.6. The van der Waals surface area contributed by atoms with Gasteiger partial charge in [0.05, 0.1) is 5.92 Å². The van der Waals surface area contributed by atoms with Gasteiger partial charge in [0.25, 0.3) is 0 Å². The minimum absolute atomic E-state index is 0. The van der Waals surface area contributed by atoms with E-state index in [0.29, 0.717) is 19.2 Å². The summed E-state index contributed by atoms with van der Waals surface area (Å²) in [6.45, 7) is 5.65. The largest absolute Gasteiger partial charge is 0.492 e. The highest BCUT2D eigenvalue weighted by Crippen LogP contribution is 2.16. The standard InChI is InChI=1S/C21H33N3O3.2ClH/c1-24(19-7-11-26-12-8-19)10-13-27-20-6-2-4-17(14-20)15-23-21(25)18-5-3-9-22-16-18;;/h2,4,6,14,18-19,22H,3,5,7-13,15-16H2,1H3,(H,23,25);2*1H. The second kappa shape index (κ2) is 14.0. The summed E-state index contributed by atoms with van der Waals surface area (Å²) < 4.78 is 11.4. The molecule has 29 heavy (non-hydrogen) atoms. The first-order valence-electron chi connectivity index (χ1n) is 10.2. The van der Waals surface area contributed by atoms with E-state index >= 15 is 0 Å². The van der Waals surface area contributed by atoms with E-state index in [1.807, 2.05) is 24.3 Å². The first-order valence-corrected chi connectivity index (χ1v) is 10.2. The van der Waals surface area contributed by atoms with Crippen molar-refractivity contribution in [1.29, 1.82) is 0 Å². The van der Waals surface area contributed by atoms with Crippen LogP contribution < -0.4 is 15.4 Å². The summed E-state index contributed by atoms with van der Waals surface area (Å²) in [5.74, 6) is 1.10. The number of benzene rings is 1. The zero-order valence-corrected chi connectivity index (χ0v) is 18.9. The van der Waals surface area contributed by atoms with Gasteiger partial charge in [-0.3, -0.25) is 9.69 Å². The SMILES string of the molecule is CN(CCOc1cccc(CNC(=O)C2CCCNC2)c1)C1CCOCC1.Cl.Cl. The van der Waals surface area contributed by atoms with Crippen LogP contribution in [0, 0.1) is 5.92 Å². The Balaban J connectivity index is 0.00000210. The summed E-state index contributed by atoms with van der Waals surface area (Å²) >= 11 is 0. The molecule has 2 aliphatic heterocycles. The Hall–Kier alpha value is -1.05. The molecule has 2 N–H and O–H groups in total. The van der Waals surface area contributed by atoms with Crippen molar-refractivity contribution in [3.63, 3.8) is 0 Å². The minimum atomic E-state index is 0. The lowest BCUT2D eigenvalue weighted by Gasteiger charge is -2.31. The zero-order valence-electron chi connectivity index (χ0n) is 17.2. The molecule has 8 heteroatoms. The summed E-state index contributed by atoms with van der Waals surface area (Å²) in [7, 11) is 2.16. The Morgan fingerprint density at radius 3 is 2.79 bits per heavy atom. The maximum Gasteiger partial charge on any atom is 0.224 e. The molecule has 166 valence electrons. The molecule has 0 bridgehead atoms. The van der Waals surface area contributed by atoms with E-state index in [1.165, 1.54) is 0 Å². The Morgan fingerprint density at radius 1 is 1.28 bits per heavy atom. The maximum absolute atomic E-state index is 12.3. The van der Waals surface area contributed by atoms with Crippen LogP contribution in [0.5, 0.6) is 5.75 Å². The van der Waals surface area contributed by atoms with E-state index in [2.05, 4.69) is 22.6 Å². The van der Waals surface area contributed by atoms with Crippen molar-refractivity contribution in [2.24, 2.45) is 5.92 Å². The van der Waals surface area contributed by atoms with Crippen molar-refractivity contribution in [2.45, 2.75) is 38.3 Å². The third-order valence-electron chi connectivity index (χ3n) is 5.56. The number of carbonyl (C=O) groups excluding carboxylic acids is 1. The smallest absolute Gasteiger partial charge is 0.224 e. The van der Waals surface area contributed by atoms with Crippen molar-refractivity contribution in [1.82, 2.24) is 15.5 Å². The van der Waals surface area contributed by atoms with Gasteiger partial charge in [-0.25, -0.2) is 0 Å². The summed E-state index contributed by atoms with van der Waals surface area (Å²) in [6.07, 6.45) is 4.25. The predicted molar refractivity (Wildman–Crippen MR) is 120 cm³/mol. The van der Waals surface area contributed by atoms with Crippen LogP contribution in [0.2, 0.25) is 0 Å². The van der Waals surface area contributed by atoms with E-state index in [1.54, 1.807) is 0 Å². The second-order valence-corrected chi connectivity index (χ2v) is 7.58. The van der Waals surface area contributed by atoms with Crippen LogP contribution in [0.3, 0.4) is 0 Å². The normalized spacial score (nSPS) is 19.7. The zero-order chi connectivity index (χ0) is 18.9. The molecule has 2 heterocycles. The molecule has 2 aliphatic rings. The topological polar surface area (TPSA) is 62.8 Å². The number of carbonyl (C=O) groups is 1. The predicted octanol–water partition coefficient (Wildman–Crippen LogP) is 2.64. The van der Waals surface area contributed by atoms with Gasteiger partial charge in [-0.05, 0) is 57.0 Å². The number of ether oxygens (including phenoxy) is 2. The van der Waals surface area contributed by atoms with Gasteiger partial charge >= 0.3 is 0 Å². The average molecular weight is 448 g/mol. The number of hydrogen-bond donors (Lipinski definition) is 2. The first-order chi connectivity index (χ1) is 13.2. The summed E-state index contributed by atoms with van der Waals surface area (Å²) in [5.41, 5.74) is 1.07. The molecular weight excluding hydrogens is 413 g/mol. The van der Waals surface area contributed by atoms with Crippen LogP contribution >= 0.6 is 24.8 Å². The number of rotatable bonds is 8. The fourth-order valence-electron chi connectivity index (χ4n) is 3.77.